The highest BCUT2D eigenvalue weighted by Crippen LogP contribution is 2.48. The summed E-state index contributed by atoms with van der Waals surface area (Å²) in [5, 5.41) is 9.53. The molecule has 0 radical (unpaired) electrons. The second-order valence-electron chi connectivity index (χ2n) is 16.2. The number of hydrogen-bond donors (Lipinski definition) is 0. The molecule has 12 aromatic rings. The smallest absolute Gasteiger partial charge is 0.164 e. The molecule has 0 amide bonds. The first-order valence-electron chi connectivity index (χ1n) is 21.8. The van der Waals surface area contributed by atoms with E-state index in [2.05, 4.69) is 212 Å². The Hall–Kier alpha value is -8.53. The number of benzene rings is 11. The fourth-order valence-corrected chi connectivity index (χ4v) is 9.69. The average Bonchev–Trinajstić information content (AvgIpc) is 3.38. The highest BCUT2D eigenvalue weighted by atomic mass is 15.0. The van der Waals surface area contributed by atoms with Gasteiger partial charge in [-0.15, -0.1) is 0 Å². The number of fused-ring (bicyclic) bond motifs is 4. The lowest BCUT2D eigenvalue weighted by atomic mass is 9.82. The van der Waals surface area contributed by atoms with E-state index in [9.17, 15) is 0 Å². The van der Waals surface area contributed by atoms with Gasteiger partial charge in [0.1, 0.15) is 0 Å². The Morgan fingerprint density at radius 3 is 0.953 bits per heavy atom. The van der Waals surface area contributed by atoms with Crippen molar-refractivity contribution >= 4 is 43.1 Å². The van der Waals surface area contributed by atoms with E-state index < -0.39 is 0 Å². The summed E-state index contributed by atoms with van der Waals surface area (Å²) in [6.45, 7) is 0. The number of aromatic nitrogens is 3. The molecule has 1 aromatic heterocycles. The van der Waals surface area contributed by atoms with Crippen LogP contribution < -0.4 is 0 Å². The summed E-state index contributed by atoms with van der Waals surface area (Å²) >= 11 is 0. The zero-order valence-corrected chi connectivity index (χ0v) is 34.9. The lowest BCUT2D eigenvalue weighted by Crippen LogP contribution is -2.01. The van der Waals surface area contributed by atoms with Crippen LogP contribution in [-0.4, -0.2) is 15.0 Å². The molecule has 3 nitrogen and oxygen atoms in total. The second kappa shape index (κ2) is 15.7. The SMILES string of the molecule is c1ccc(-c2nc(-c3ccccc3-c3ccccc3)nc(-c3ccc(-c4c5ccccc5c(-c5ccc(-c6ccccc6)c6ccccc56)c5ccccc45)c4ccccc34)n2)cc1. The summed E-state index contributed by atoms with van der Waals surface area (Å²) in [7, 11) is 0. The van der Waals surface area contributed by atoms with E-state index in [1.807, 2.05) is 24.3 Å². The normalized spacial score (nSPS) is 11.4. The fraction of sp³-hybridized carbons (Fsp3) is 0. The van der Waals surface area contributed by atoms with E-state index in [4.69, 9.17) is 15.0 Å². The van der Waals surface area contributed by atoms with Crippen molar-refractivity contribution in [2.24, 2.45) is 0 Å². The van der Waals surface area contributed by atoms with Gasteiger partial charge in [-0.2, -0.15) is 0 Å². The van der Waals surface area contributed by atoms with Gasteiger partial charge in [0.05, 0.1) is 0 Å². The summed E-state index contributed by atoms with van der Waals surface area (Å²) in [6.07, 6.45) is 0. The van der Waals surface area contributed by atoms with Gasteiger partial charge in [0.25, 0.3) is 0 Å². The van der Waals surface area contributed by atoms with Crippen LogP contribution >= 0.6 is 0 Å². The quantitative estimate of drug-likeness (QED) is 0.150. The zero-order chi connectivity index (χ0) is 42.4. The van der Waals surface area contributed by atoms with Crippen LogP contribution in [0.4, 0.5) is 0 Å². The van der Waals surface area contributed by atoms with Crippen LogP contribution in [0.1, 0.15) is 0 Å². The lowest BCUT2D eigenvalue weighted by Gasteiger charge is -2.21. The molecule has 0 bridgehead atoms. The van der Waals surface area contributed by atoms with Crippen molar-refractivity contribution in [3.8, 4) is 78.7 Å². The predicted octanol–water partition coefficient (Wildman–Crippen LogP) is 16.2. The van der Waals surface area contributed by atoms with E-state index in [0.717, 1.165) is 44.2 Å². The van der Waals surface area contributed by atoms with Gasteiger partial charge in [0.15, 0.2) is 17.5 Å². The molecule has 0 atom stereocenters. The first-order valence-corrected chi connectivity index (χ1v) is 21.8. The molecular formula is C61H39N3. The van der Waals surface area contributed by atoms with Gasteiger partial charge in [0, 0.05) is 16.7 Å². The Morgan fingerprint density at radius 1 is 0.172 bits per heavy atom. The largest absolute Gasteiger partial charge is 0.208 e. The Bertz CT molecular complexity index is 3650. The highest BCUT2D eigenvalue weighted by Gasteiger charge is 2.22. The van der Waals surface area contributed by atoms with Gasteiger partial charge >= 0.3 is 0 Å². The van der Waals surface area contributed by atoms with Crippen LogP contribution in [0.15, 0.2) is 237 Å². The zero-order valence-electron chi connectivity index (χ0n) is 34.9. The Balaban J connectivity index is 1.08. The molecule has 64 heavy (non-hydrogen) atoms. The van der Waals surface area contributed by atoms with E-state index >= 15 is 0 Å². The maximum absolute atomic E-state index is 5.31. The molecule has 3 heteroatoms. The minimum atomic E-state index is 0.630. The van der Waals surface area contributed by atoms with E-state index in [1.54, 1.807) is 0 Å². The Morgan fingerprint density at radius 2 is 0.469 bits per heavy atom. The van der Waals surface area contributed by atoms with Gasteiger partial charge in [-0.3, -0.25) is 0 Å². The molecule has 0 fully saturated rings. The third kappa shape index (κ3) is 6.33. The lowest BCUT2D eigenvalue weighted by molar-refractivity contribution is 1.08. The molecule has 11 aromatic carbocycles. The summed E-state index contributed by atoms with van der Waals surface area (Å²) in [5.41, 5.74) is 12.3. The maximum atomic E-state index is 5.31. The maximum Gasteiger partial charge on any atom is 0.164 e. The van der Waals surface area contributed by atoms with Crippen molar-refractivity contribution in [2.45, 2.75) is 0 Å². The number of nitrogens with zero attached hydrogens (tertiary/aromatic N) is 3. The molecule has 0 saturated heterocycles. The molecule has 0 N–H and O–H groups in total. The van der Waals surface area contributed by atoms with E-state index in [1.165, 1.54) is 60.1 Å². The van der Waals surface area contributed by atoms with Crippen LogP contribution in [0.25, 0.3) is 122 Å². The molecule has 0 aliphatic carbocycles. The molecule has 1 heterocycles. The van der Waals surface area contributed by atoms with E-state index in [-0.39, 0.29) is 0 Å². The van der Waals surface area contributed by atoms with Gasteiger partial charge < -0.3 is 0 Å². The van der Waals surface area contributed by atoms with Crippen LogP contribution in [0, 0.1) is 0 Å². The van der Waals surface area contributed by atoms with Crippen LogP contribution in [-0.2, 0) is 0 Å². The van der Waals surface area contributed by atoms with Crippen molar-refractivity contribution in [3.63, 3.8) is 0 Å². The topological polar surface area (TPSA) is 38.7 Å². The second-order valence-corrected chi connectivity index (χ2v) is 16.2. The third-order valence-corrected chi connectivity index (χ3v) is 12.6. The van der Waals surface area contributed by atoms with Crippen LogP contribution in [0.5, 0.6) is 0 Å². The molecule has 0 saturated carbocycles. The average molecular weight is 814 g/mol. The predicted molar refractivity (Wildman–Crippen MR) is 268 cm³/mol. The van der Waals surface area contributed by atoms with Crippen molar-refractivity contribution in [2.75, 3.05) is 0 Å². The molecular weight excluding hydrogens is 775 g/mol. The van der Waals surface area contributed by atoms with Gasteiger partial charge in [0.2, 0.25) is 0 Å². The Labute approximate surface area is 371 Å². The number of hydrogen-bond acceptors (Lipinski definition) is 3. The molecule has 12 rings (SSSR count). The standard InChI is InChI=1S/C61H39N3/c1-4-20-40(21-5-1)43-26-10-19-35-55(43)60-62-59(42-24-8-3-9-25-42)63-61(64-60)56-39-38-54(47-29-13-14-30-48(47)56)58-51-33-17-15-31-49(51)57(50-32-16-18-34-52(50)58)53-37-36-44(41-22-6-2-7-23-41)45-27-11-12-28-46(45)53/h1-39H. The summed E-state index contributed by atoms with van der Waals surface area (Å²) in [4.78, 5) is 15.7. The molecule has 0 spiro atoms. The highest BCUT2D eigenvalue weighted by molar-refractivity contribution is 6.26. The minimum absolute atomic E-state index is 0.630. The molecule has 298 valence electrons. The third-order valence-electron chi connectivity index (χ3n) is 12.6. The summed E-state index contributed by atoms with van der Waals surface area (Å²) in [5.74, 6) is 1.90. The van der Waals surface area contributed by atoms with Crippen LogP contribution in [0.3, 0.4) is 0 Å². The minimum Gasteiger partial charge on any atom is -0.208 e. The van der Waals surface area contributed by atoms with Crippen LogP contribution in [0.2, 0.25) is 0 Å². The molecule has 0 aliphatic rings. The first kappa shape index (κ1) is 37.2. The summed E-state index contributed by atoms with van der Waals surface area (Å²) in [6, 6.07) is 84.2. The summed E-state index contributed by atoms with van der Waals surface area (Å²) < 4.78 is 0. The van der Waals surface area contributed by atoms with Crippen molar-refractivity contribution in [1.29, 1.82) is 0 Å². The number of rotatable bonds is 7. The van der Waals surface area contributed by atoms with Gasteiger partial charge in [-0.1, -0.05) is 231 Å². The van der Waals surface area contributed by atoms with E-state index in [0.29, 0.717) is 17.5 Å². The molecule has 0 unspecified atom stereocenters. The van der Waals surface area contributed by atoms with Crippen molar-refractivity contribution in [3.05, 3.63) is 237 Å². The molecule has 0 aliphatic heterocycles. The fourth-order valence-electron chi connectivity index (χ4n) is 9.69. The van der Waals surface area contributed by atoms with Crippen molar-refractivity contribution in [1.82, 2.24) is 15.0 Å². The van der Waals surface area contributed by atoms with Gasteiger partial charge in [-0.25, -0.2) is 15.0 Å². The van der Waals surface area contributed by atoms with Gasteiger partial charge in [-0.05, 0) is 93.7 Å². The monoisotopic (exact) mass is 813 g/mol. The Kier molecular flexibility index (Phi) is 9.16. The first-order chi connectivity index (χ1) is 31.8. The van der Waals surface area contributed by atoms with Crippen molar-refractivity contribution < 1.29 is 0 Å².